The van der Waals surface area contributed by atoms with Gasteiger partial charge in [-0.05, 0) is 27.7 Å². The topological polar surface area (TPSA) is 73.5 Å². The Morgan fingerprint density at radius 1 is 1.00 bits per heavy atom. The van der Waals surface area contributed by atoms with Crippen LogP contribution in [0.4, 0.5) is 11.6 Å². The molecule has 0 fully saturated rings. The third-order valence-corrected chi connectivity index (χ3v) is 2.99. The van der Waals surface area contributed by atoms with Crippen molar-refractivity contribution < 1.29 is 9.47 Å². The molecule has 0 aliphatic carbocycles. The van der Waals surface area contributed by atoms with Gasteiger partial charge < -0.3 is 20.1 Å². The van der Waals surface area contributed by atoms with Crippen LogP contribution in [-0.4, -0.2) is 49.5 Å². The smallest absolute Gasteiger partial charge is 0.137 e. The molecule has 0 spiro atoms. The highest BCUT2D eigenvalue weighted by Gasteiger charge is 2.14. The van der Waals surface area contributed by atoms with Crippen LogP contribution < -0.4 is 10.6 Å². The number of nitrogen functional groups attached to an aromatic ring is 1. The molecular weight excluding hydrogens is 256 g/mol. The Morgan fingerprint density at radius 3 is 2.05 bits per heavy atom. The van der Waals surface area contributed by atoms with E-state index in [1.54, 1.807) is 0 Å². The van der Waals surface area contributed by atoms with Crippen LogP contribution in [0.15, 0.2) is 0 Å². The molecule has 1 rings (SSSR count). The molecule has 0 amide bonds. The molecule has 0 unspecified atom stereocenters. The maximum atomic E-state index is 5.93. The Balaban J connectivity index is 2.84. The maximum absolute atomic E-state index is 5.93. The molecule has 6 heteroatoms. The Labute approximate surface area is 121 Å². The van der Waals surface area contributed by atoms with E-state index >= 15 is 0 Å². The van der Waals surface area contributed by atoms with Crippen LogP contribution in [-0.2, 0) is 9.47 Å². The summed E-state index contributed by atoms with van der Waals surface area (Å²) in [5.74, 6) is 2.08. The van der Waals surface area contributed by atoms with E-state index in [1.807, 2.05) is 27.7 Å². The third-order valence-electron chi connectivity index (χ3n) is 2.99. The van der Waals surface area contributed by atoms with E-state index in [4.69, 9.17) is 15.2 Å². The quantitative estimate of drug-likeness (QED) is 0.693. The van der Waals surface area contributed by atoms with Gasteiger partial charge in [-0.15, -0.1) is 0 Å². The summed E-state index contributed by atoms with van der Waals surface area (Å²) in [6.45, 7) is 12.0. The minimum atomic E-state index is 0.533. The van der Waals surface area contributed by atoms with Crippen molar-refractivity contribution in [2.45, 2.75) is 27.7 Å². The SMILES string of the molecule is CCOCCN(CCOCC)c1nc(C)nc(N)c1C. The maximum Gasteiger partial charge on any atom is 0.137 e. The van der Waals surface area contributed by atoms with Crippen LogP contribution in [0.1, 0.15) is 25.2 Å². The van der Waals surface area contributed by atoms with Crippen molar-refractivity contribution in [1.29, 1.82) is 0 Å². The highest BCUT2D eigenvalue weighted by molar-refractivity contribution is 5.56. The lowest BCUT2D eigenvalue weighted by molar-refractivity contribution is 0.141. The highest BCUT2D eigenvalue weighted by Crippen LogP contribution is 2.21. The van der Waals surface area contributed by atoms with E-state index in [1.165, 1.54) is 0 Å². The number of aromatic nitrogens is 2. The summed E-state index contributed by atoms with van der Waals surface area (Å²) in [7, 11) is 0. The van der Waals surface area contributed by atoms with Crippen molar-refractivity contribution in [3.63, 3.8) is 0 Å². The monoisotopic (exact) mass is 282 g/mol. The Kier molecular flexibility index (Phi) is 7.25. The number of nitrogens with zero attached hydrogens (tertiary/aromatic N) is 3. The second kappa shape index (κ2) is 8.71. The molecular formula is C14H26N4O2. The molecule has 0 saturated carbocycles. The molecule has 0 radical (unpaired) electrons. The van der Waals surface area contributed by atoms with E-state index in [0.29, 0.717) is 38.1 Å². The number of ether oxygens (including phenoxy) is 2. The molecule has 6 nitrogen and oxygen atoms in total. The Bertz CT molecular complexity index is 402. The minimum absolute atomic E-state index is 0.533. The molecule has 0 aromatic carbocycles. The van der Waals surface area contributed by atoms with Crippen molar-refractivity contribution in [3.05, 3.63) is 11.4 Å². The molecule has 114 valence electrons. The third kappa shape index (κ3) is 4.94. The zero-order valence-electron chi connectivity index (χ0n) is 13.0. The van der Waals surface area contributed by atoms with Gasteiger partial charge in [0.15, 0.2) is 0 Å². The Hall–Kier alpha value is -1.40. The van der Waals surface area contributed by atoms with E-state index in [0.717, 1.165) is 24.5 Å². The lowest BCUT2D eigenvalue weighted by atomic mass is 10.2. The molecule has 0 atom stereocenters. The van der Waals surface area contributed by atoms with E-state index in [-0.39, 0.29) is 0 Å². The zero-order valence-corrected chi connectivity index (χ0v) is 13.0. The number of nitrogens with two attached hydrogens (primary N) is 1. The first kappa shape index (κ1) is 16.7. The van der Waals surface area contributed by atoms with Gasteiger partial charge in [0, 0.05) is 31.9 Å². The van der Waals surface area contributed by atoms with Crippen molar-refractivity contribution >= 4 is 11.6 Å². The van der Waals surface area contributed by atoms with Crippen molar-refractivity contribution in [3.8, 4) is 0 Å². The summed E-state index contributed by atoms with van der Waals surface area (Å²) in [5.41, 5.74) is 6.83. The summed E-state index contributed by atoms with van der Waals surface area (Å²) in [6, 6.07) is 0. The molecule has 0 aliphatic heterocycles. The van der Waals surface area contributed by atoms with Gasteiger partial charge >= 0.3 is 0 Å². The molecule has 2 N–H and O–H groups in total. The summed E-state index contributed by atoms with van der Waals surface area (Å²) in [6.07, 6.45) is 0. The summed E-state index contributed by atoms with van der Waals surface area (Å²) in [4.78, 5) is 10.8. The molecule has 20 heavy (non-hydrogen) atoms. The van der Waals surface area contributed by atoms with Crippen molar-refractivity contribution in [1.82, 2.24) is 9.97 Å². The lowest BCUT2D eigenvalue weighted by Crippen LogP contribution is -2.33. The normalized spacial score (nSPS) is 10.8. The Morgan fingerprint density at radius 2 is 1.55 bits per heavy atom. The van der Waals surface area contributed by atoms with Crippen LogP contribution in [0.25, 0.3) is 0 Å². The fourth-order valence-corrected chi connectivity index (χ4v) is 1.90. The first-order valence-corrected chi connectivity index (χ1v) is 7.11. The van der Waals surface area contributed by atoms with Crippen LogP contribution >= 0.6 is 0 Å². The first-order valence-electron chi connectivity index (χ1n) is 7.11. The number of anilines is 2. The summed E-state index contributed by atoms with van der Waals surface area (Å²) in [5, 5.41) is 0. The first-order chi connectivity index (χ1) is 9.60. The fraction of sp³-hybridized carbons (Fsp3) is 0.714. The number of rotatable bonds is 9. The van der Waals surface area contributed by atoms with Gasteiger partial charge in [-0.2, -0.15) is 0 Å². The van der Waals surface area contributed by atoms with Crippen LogP contribution in [0.2, 0.25) is 0 Å². The molecule has 0 saturated heterocycles. The summed E-state index contributed by atoms with van der Waals surface area (Å²) >= 11 is 0. The van der Waals surface area contributed by atoms with Gasteiger partial charge in [0.1, 0.15) is 17.5 Å². The number of aryl methyl sites for hydroxylation is 1. The fourth-order valence-electron chi connectivity index (χ4n) is 1.90. The molecule has 0 aliphatic rings. The van der Waals surface area contributed by atoms with Gasteiger partial charge in [0.05, 0.1) is 13.2 Å². The standard InChI is InChI=1S/C14H26N4O2/c1-5-19-9-7-18(8-10-20-6-2)14-11(3)13(15)16-12(4)17-14/h5-10H2,1-4H3,(H2,15,16,17). The predicted molar refractivity (Wildman–Crippen MR) is 81.1 cm³/mol. The van der Waals surface area contributed by atoms with E-state index in [2.05, 4.69) is 14.9 Å². The van der Waals surface area contributed by atoms with Crippen molar-refractivity contribution in [2.75, 3.05) is 50.2 Å². The molecule has 1 heterocycles. The van der Waals surface area contributed by atoms with Gasteiger partial charge in [0.25, 0.3) is 0 Å². The van der Waals surface area contributed by atoms with Gasteiger partial charge in [0.2, 0.25) is 0 Å². The zero-order chi connectivity index (χ0) is 15.0. The van der Waals surface area contributed by atoms with Crippen LogP contribution in [0.3, 0.4) is 0 Å². The second-order valence-corrected chi connectivity index (χ2v) is 4.49. The van der Waals surface area contributed by atoms with E-state index < -0.39 is 0 Å². The molecule has 1 aromatic heterocycles. The van der Waals surface area contributed by atoms with Crippen LogP contribution in [0.5, 0.6) is 0 Å². The van der Waals surface area contributed by atoms with Crippen molar-refractivity contribution in [2.24, 2.45) is 0 Å². The average Bonchev–Trinajstić information content (AvgIpc) is 2.41. The number of hydrogen-bond acceptors (Lipinski definition) is 6. The largest absolute Gasteiger partial charge is 0.383 e. The molecule has 1 aromatic rings. The van der Waals surface area contributed by atoms with Gasteiger partial charge in [-0.25, -0.2) is 9.97 Å². The molecule has 0 bridgehead atoms. The minimum Gasteiger partial charge on any atom is -0.383 e. The van der Waals surface area contributed by atoms with Crippen LogP contribution in [0, 0.1) is 13.8 Å². The van der Waals surface area contributed by atoms with E-state index in [9.17, 15) is 0 Å². The predicted octanol–water partition coefficient (Wildman–Crippen LogP) is 1.56. The lowest BCUT2D eigenvalue weighted by Gasteiger charge is -2.25. The second-order valence-electron chi connectivity index (χ2n) is 4.49. The van der Waals surface area contributed by atoms with Gasteiger partial charge in [-0.3, -0.25) is 0 Å². The van der Waals surface area contributed by atoms with Gasteiger partial charge in [-0.1, -0.05) is 0 Å². The average molecular weight is 282 g/mol. The number of hydrogen-bond donors (Lipinski definition) is 1. The highest BCUT2D eigenvalue weighted by atomic mass is 16.5. The summed E-state index contributed by atoms with van der Waals surface area (Å²) < 4.78 is 10.9.